The summed E-state index contributed by atoms with van der Waals surface area (Å²) < 4.78 is 5.15. The van der Waals surface area contributed by atoms with Gasteiger partial charge in [0.1, 0.15) is 5.76 Å². The van der Waals surface area contributed by atoms with Crippen LogP contribution in [0.15, 0.2) is 10.7 Å². The van der Waals surface area contributed by atoms with E-state index in [1.807, 2.05) is 0 Å². The largest absolute Gasteiger partial charge is 0.481 e. The molecule has 1 aromatic rings. The Morgan fingerprint density at radius 1 is 1.73 bits per heavy atom. The van der Waals surface area contributed by atoms with Gasteiger partial charge >= 0.3 is 5.97 Å². The van der Waals surface area contributed by atoms with E-state index in [9.17, 15) is 4.79 Å². The van der Waals surface area contributed by atoms with Gasteiger partial charge in [-0.15, -0.1) is 0 Å². The number of hydrogen-bond donors (Lipinski definition) is 2. The van der Waals surface area contributed by atoms with Crippen LogP contribution in [0.2, 0.25) is 0 Å². The summed E-state index contributed by atoms with van der Waals surface area (Å²) >= 11 is 0. The second-order valence-corrected chi connectivity index (χ2v) is 3.83. The summed E-state index contributed by atoms with van der Waals surface area (Å²) in [4.78, 5) is 10.6. The molecule has 1 unspecified atom stereocenters. The summed E-state index contributed by atoms with van der Waals surface area (Å²) in [6.45, 7) is 1.88. The van der Waals surface area contributed by atoms with E-state index < -0.39 is 5.97 Å². The van der Waals surface area contributed by atoms with Gasteiger partial charge in [-0.2, -0.15) is 0 Å². The van der Waals surface area contributed by atoms with Crippen LogP contribution in [-0.2, 0) is 11.2 Å². The molecule has 0 amide bonds. The van der Waals surface area contributed by atoms with Gasteiger partial charge in [-0.3, -0.25) is 4.79 Å². The highest BCUT2D eigenvalue weighted by Gasteiger charge is 2.23. The van der Waals surface area contributed by atoms with Crippen molar-refractivity contribution in [3.05, 3.63) is 17.5 Å². The lowest BCUT2D eigenvalue weighted by Crippen LogP contribution is -2.28. The van der Waals surface area contributed by atoms with Gasteiger partial charge in [0.2, 0.25) is 0 Å². The highest BCUT2D eigenvalue weighted by atomic mass is 16.5. The van der Waals surface area contributed by atoms with Crippen molar-refractivity contribution in [2.75, 3.05) is 13.1 Å². The van der Waals surface area contributed by atoms with Crippen molar-refractivity contribution in [1.82, 2.24) is 10.5 Å². The zero-order valence-corrected chi connectivity index (χ0v) is 8.40. The fourth-order valence-corrected chi connectivity index (χ4v) is 1.98. The average Bonchev–Trinajstić information content (AvgIpc) is 2.66. The fraction of sp³-hybridized carbons (Fsp3) is 0.600. The lowest BCUT2D eigenvalue weighted by Gasteiger charge is -2.20. The predicted octanol–water partition coefficient (Wildman–Crippen LogP) is 0.769. The molecule has 0 radical (unpaired) electrons. The number of piperidine rings is 1. The van der Waals surface area contributed by atoms with E-state index in [1.54, 1.807) is 0 Å². The van der Waals surface area contributed by atoms with Crippen LogP contribution in [0.3, 0.4) is 0 Å². The summed E-state index contributed by atoms with van der Waals surface area (Å²) in [7, 11) is 0. The number of nitrogens with one attached hydrogen (secondary N) is 1. The van der Waals surface area contributed by atoms with E-state index in [0.717, 1.165) is 31.7 Å². The van der Waals surface area contributed by atoms with Gasteiger partial charge in [-0.25, -0.2) is 0 Å². The fourth-order valence-electron chi connectivity index (χ4n) is 1.98. The predicted molar refractivity (Wildman–Crippen MR) is 52.7 cm³/mol. The van der Waals surface area contributed by atoms with E-state index in [1.165, 1.54) is 6.20 Å². The number of carbonyl (C=O) groups is 1. The second-order valence-electron chi connectivity index (χ2n) is 3.83. The Kier molecular flexibility index (Phi) is 3.01. The maximum atomic E-state index is 10.6. The molecule has 5 nitrogen and oxygen atoms in total. The van der Waals surface area contributed by atoms with Crippen LogP contribution in [-0.4, -0.2) is 29.3 Å². The first-order chi connectivity index (χ1) is 7.27. The van der Waals surface area contributed by atoms with Gasteiger partial charge in [0.15, 0.2) is 0 Å². The molecule has 0 spiro atoms. The van der Waals surface area contributed by atoms with Crippen molar-refractivity contribution < 1.29 is 14.4 Å². The third-order valence-electron chi connectivity index (χ3n) is 2.69. The van der Waals surface area contributed by atoms with E-state index in [2.05, 4.69) is 10.5 Å². The monoisotopic (exact) mass is 210 g/mol. The van der Waals surface area contributed by atoms with Crippen LogP contribution < -0.4 is 5.32 Å². The number of carboxylic acid groups (broad SMARTS) is 1. The lowest BCUT2D eigenvalue weighted by atomic mass is 9.94. The Bertz CT molecular complexity index is 342. The van der Waals surface area contributed by atoms with Crippen LogP contribution in [0, 0.1) is 0 Å². The molecule has 1 fully saturated rings. The van der Waals surface area contributed by atoms with Gasteiger partial charge in [-0.1, -0.05) is 5.16 Å². The SMILES string of the molecule is O=C(O)Cc1cnoc1C1CCCNC1. The molecule has 0 aromatic carbocycles. The third-order valence-corrected chi connectivity index (χ3v) is 2.69. The minimum absolute atomic E-state index is 0.00463. The average molecular weight is 210 g/mol. The van der Waals surface area contributed by atoms with Crippen molar-refractivity contribution >= 4 is 5.97 Å². The summed E-state index contributed by atoms with van der Waals surface area (Å²) in [6.07, 6.45) is 3.64. The molecule has 0 bridgehead atoms. The van der Waals surface area contributed by atoms with Crippen LogP contribution in [0.25, 0.3) is 0 Å². The topological polar surface area (TPSA) is 75.4 Å². The first-order valence-corrected chi connectivity index (χ1v) is 5.13. The number of carboxylic acids is 1. The molecule has 2 N–H and O–H groups in total. The molecule has 1 aromatic heterocycles. The van der Waals surface area contributed by atoms with Crippen molar-refractivity contribution in [2.24, 2.45) is 0 Å². The third kappa shape index (κ3) is 2.36. The summed E-state index contributed by atoms with van der Waals surface area (Å²) in [6, 6.07) is 0. The molecule has 0 saturated carbocycles. The number of aromatic nitrogens is 1. The molecular weight excluding hydrogens is 196 g/mol. The molecule has 2 heterocycles. The molecule has 1 aliphatic rings. The quantitative estimate of drug-likeness (QED) is 0.770. The number of hydrogen-bond acceptors (Lipinski definition) is 4. The summed E-state index contributed by atoms with van der Waals surface area (Å²) in [5.41, 5.74) is 0.705. The first-order valence-electron chi connectivity index (χ1n) is 5.13. The van der Waals surface area contributed by atoms with Gasteiger partial charge in [0.05, 0.1) is 12.6 Å². The molecular formula is C10H14N2O3. The Morgan fingerprint density at radius 3 is 3.27 bits per heavy atom. The van der Waals surface area contributed by atoms with Gasteiger partial charge < -0.3 is 14.9 Å². The molecule has 2 rings (SSSR count). The van der Waals surface area contributed by atoms with E-state index in [4.69, 9.17) is 9.63 Å². The van der Waals surface area contributed by atoms with Crippen molar-refractivity contribution in [3.8, 4) is 0 Å². The normalized spacial score (nSPS) is 21.5. The van der Waals surface area contributed by atoms with E-state index in [-0.39, 0.29) is 12.3 Å². The first kappa shape index (κ1) is 10.2. The maximum absolute atomic E-state index is 10.6. The van der Waals surface area contributed by atoms with Gasteiger partial charge in [0, 0.05) is 18.0 Å². The number of aliphatic carboxylic acids is 1. The molecule has 1 aliphatic heterocycles. The van der Waals surface area contributed by atoms with E-state index >= 15 is 0 Å². The van der Waals surface area contributed by atoms with Crippen LogP contribution in [0.5, 0.6) is 0 Å². The second kappa shape index (κ2) is 4.44. The molecule has 15 heavy (non-hydrogen) atoms. The standard InChI is InChI=1S/C10H14N2O3/c13-9(14)4-8-6-12-15-10(8)7-2-1-3-11-5-7/h6-7,11H,1-5H2,(H,13,14). The lowest BCUT2D eigenvalue weighted by molar-refractivity contribution is -0.136. The van der Waals surface area contributed by atoms with Crippen LogP contribution in [0.1, 0.15) is 30.1 Å². The molecule has 1 atom stereocenters. The molecule has 82 valence electrons. The summed E-state index contributed by atoms with van der Waals surface area (Å²) in [5.74, 6) is 0.170. The van der Waals surface area contributed by atoms with Crippen molar-refractivity contribution in [1.29, 1.82) is 0 Å². The molecule has 5 heteroatoms. The maximum Gasteiger partial charge on any atom is 0.308 e. The number of rotatable bonds is 3. The van der Waals surface area contributed by atoms with Crippen LogP contribution in [0.4, 0.5) is 0 Å². The Balaban J connectivity index is 2.12. The highest BCUT2D eigenvalue weighted by molar-refractivity contribution is 5.70. The smallest absolute Gasteiger partial charge is 0.308 e. The van der Waals surface area contributed by atoms with Gasteiger partial charge in [0.25, 0.3) is 0 Å². The Hall–Kier alpha value is -1.36. The van der Waals surface area contributed by atoms with Crippen molar-refractivity contribution in [3.63, 3.8) is 0 Å². The molecule has 0 aliphatic carbocycles. The van der Waals surface area contributed by atoms with Crippen LogP contribution >= 0.6 is 0 Å². The minimum atomic E-state index is -0.844. The highest BCUT2D eigenvalue weighted by Crippen LogP contribution is 2.26. The zero-order chi connectivity index (χ0) is 10.7. The van der Waals surface area contributed by atoms with Gasteiger partial charge in [-0.05, 0) is 19.4 Å². The minimum Gasteiger partial charge on any atom is -0.481 e. The van der Waals surface area contributed by atoms with E-state index in [0.29, 0.717) is 5.56 Å². The molecule has 1 saturated heterocycles. The van der Waals surface area contributed by atoms with Crippen molar-refractivity contribution in [2.45, 2.75) is 25.2 Å². The number of nitrogens with zero attached hydrogens (tertiary/aromatic N) is 1. The Morgan fingerprint density at radius 2 is 2.60 bits per heavy atom. The zero-order valence-electron chi connectivity index (χ0n) is 8.40. The Labute approximate surface area is 87.5 Å². The summed E-state index contributed by atoms with van der Waals surface area (Å²) in [5, 5.41) is 15.7.